The number of hydrogen-bond donors (Lipinski definition) is 0. The third-order valence-corrected chi connectivity index (χ3v) is 15.0. The molecule has 0 radical (unpaired) electrons. The summed E-state index contributed by atoms with van der Waals surface area (Å²) in [7, 11) is -1.33. The van der Waals surface area contributed by atoms with E-state index in [4.69, 9.17) is 0 Å². The largest absolute Gasteiger partial charge is 0.374 e. The molecular weight excluding hydrogens is 309 g/mol. The first-order valence-electron chi connectivity index (χ1n) is 9.65. The van der Waals surface area contributed by atoms with Crippen LogP contribution in [0.15, 0.2) is 10.3 Å². The Hall–Kier alpha value is 0.289. The van der Waals surface area contributed by atoms with E-state index in [9.17, 15) is 0 Å². The molecule has 23 heavy (non-hydrogen) atoms. The molecule has 1 aliphatic rings. The molecule has 1 heterocycles. The molecular formula is C20H42AlNSi. The quantitative estimate of drug-likeness (QED) is 0.515. The highest BCUT2D eigenvalue weighted by Gasteiger charge is 2.47. The zero-order chi connectivity index (χ0) is 18.2. The molecule has 0 saturated carbocycles. The second-order valence-corrected chi connectivity index (χ2v) is 21.7. The highest BCUT2D eigenvalue weighted by atomic mass is 28.3. The number of hydrogen-bond acceptors (Lipinski definition) is 1. The molecule has 0 bridgehead atoms. The number of likely N-dealkylation sites (tertiary alicyclic amines) is 1. The van der Waals surface area contributed by atoms with E-state index in [1.54, 1.807) is 0 Å². The maximum Gasteiger partial charge on any atom is 0.308 e. The summed E-state index contributed by atoms with van der Waals surface area (Å²) in [4.78, 5) is 2.73. The van der Waals surface area contributed by atoms with Crippen molar-refractivity contribution in [2.75, 3.05) is 0 Å². The van der Waals surface area contributed by atoms with Crippen LogP contribution in [0, 0.1) is 0 Å². The van der Waals surface area contributed by atoms with Gasteiger partial charge >= 0.3 is 14.1 Å². The van der Waals surface area contributed by atoms with Gasteiger partial charge in [0.2, 0.25) is 0 Å². The Balaban J connectivity index is 3.41. The van der Waals surface area contributed by atoms with Crippen LogP contribution in [-0.2, 0) is 0 Å². The van der Waals surface area contributed by atoms with Gasteiger partial charge in [-0.1, -0.05) is 69.7 Å². The van der Waals surface area contributed by atoms with E-state index < -0.39 is 22.2 Å². The molecule has 0 amide bonds. The van der Waals surface area contributed by atoms with Crippen molar-refractivity contribution < 1.29 is 0 Å². The van der Waals surface area contributed by atoms with Crippen molar-refractivity contribution in [3.63, 3.8) is 0 Å². The predicted molar refractivity (Wildman–Crippen MR) is 111 cm³/mol. The topological polar surface area (TPSA) is 3.24 Å². The van der Waals surface area contributed by atoms with Crippen molar-refractivity contribution >= 4 is 22.2 Å². The van der Waals surface area contributed by atoms with E-state index in [2.05, 4.69) is 86.1 Å². The smallest absolute Gasteiger partial charge is 0.308 e. The van der Waals surface area contributed by atoms with Gasteiger partial charge in [0.1, 0.15) is 0 Å². The Morgan fingerprint density at radius 3 is 1.61 bits per heavy atom. The van der Waals surface area contributed by atoms with E-state index >= 15 is 0 Å². The molecule has 0 aromatic carbocycles. The van der Waals surface area contributed by atoms with Gasteiger partial charge in [0.05, 0.1) is 8.07 Å². The number of rotatable bonds is 3. The molecule has 0 aromatic heterocycles. The standard InChI is InChI=1S/C12H24NSi.2C4H9.Al/c1-11-7-6-8-12(2)13(11)9-10-14(3,4)5;2*1-4(2)3;/h9,11-12H,6-8H2,1-5H3;2*1-3H3;/t11-,12+;;;. The second-order valence-electron chi connectivity index (χ2n) is 11.1. The van der Waals surface area contributed by atoms with Crippen LogP contribution in [0.25, 0.3) is 0 Å². The Labute approximate surface area is 152 Å². The lowest BCUT2D eigenvalue weighted by atomic mass is 9.98. The maximum absolute atomic E-state index is 2.73. The van der Waals surface area contributed by atoms with Gasteiger partial charge in [0, 0.05) is 12.1 Å². The second kappa shape index (κ2) is 7.27. The summed E-state index contributed by atoms with van der Waals surface area (Å²) in [5, 5.41) is 0. The van der Waals surface area contributed by atoms with E-state index in [0.29, 0.717) is 20.6 Å². The van der Waals surface area contributed by atoms with Crippen LogP contribution >= 0.6 is 0 Å². The first kappa shape index (κ1) is 21.3. The molecule has 0 spiro atoms. The van der Waals surface area contributed by atoms with Crippen LogP contribution in [0.3, 0.4) is 0 Å². The molecule has 1 fully saturated rings. The molecule has 1 rings (SSSR count). The van der Waals surface area contributed by atoms with Gasteiger partial charge in [-0.15, -0.1) is 4.06 Å². The summed E-state index contributed by atoms with van der Waals surface area (Å²) < 4.78 is 2.78. The van der Waals surface area contributed by atoms with E-state index in [1.807, 2.05) is 4.06 Å². The predicted octanol–water partition coefficient (Wildman–Crippen LogP) is 6.64. The lowest BCUT2D eigenvalue weighted by molar-refractivity contribution is 0.164. The molecule has 134 valence electrons. The fourth-order valence-corrected chi connectivity index (χ4v) is 16.2. The monoisotopic (exact) mass is 351 g/mol. The third-order valence-electron chi connectivity index (χ3n) is 5.46. The van der Waals surface area contributed by atoms with Gasteiger partial charge in [-0.3, -0.25) is 0 Å². The first-order valence-corrected chi connectivity index (χ1v) is 14.9. The molecule has 3 heteroatoms. The average molecular weight is 352 g/mol. The van der Waals surface area contributed by atoms with Crippen LogP contribution in [0.1, 0.15) is 74.7 Å². The molecule has 0 N–H and O–H groups in total. The summed E-state index contributed by atoms with van der Waals surface area (Å²) in [6.45, 7) is 27.5. The fraction of sp³-hybridized carbons (Fsp3) is 0.900. The lowest BCUT2D eigenvalue weighted by Crippen LogP contribution is -2.48. The normalized spacial score (nSPS) is 24.8. The molecule has 0 aliphatic carbocycles. The molecule has 1 nitrogen and oxygen atoms in total. The van der Waals surface area contributed by atoms with Gasteiger partial charge in [-0.05, 0) is 39.3 Å². The van der Waals surface area contributed by atoms with Crippen molar-refractivity contribution in [1.29, 1.82) is 0 Å². The van der Waals surface area contributed by atoms with Crippen molar-refractivity contribution in [2.45, 2.75) is 115 Å². The molecule has 2 atom stereocenters. The van der Waals surface area contributed by atoms with Crippen LogP contribution in [0.2, 0.25) is 28.2 Å². The molecule has 0 aromatic rings. The molecule has 1 saturated heterocycles. The van der Waals surface area contributed by atoms with Gasteiger partial charge in [-0.25, -0.2) is 0 Å². The summed E-state index contributed by atoms with van der Waals surface area (Å²) in [6.07, 6.45) is 6.80. The fourth-order valence-electron chi connectivity index (χ4n) is 4.79. The molecule has 0 unspecified atom stereocenters. The summed E-state index contributed by atoms with van der Waals surface area (Å²) in [6, 6.07) is 1.42. The van der Waals surface area contributed by atoms with E-state index in [-0.39, 0.29) is 0 Å². The van der Waals surface area contributed by atoms with Crippen LogP contribution in [0.5, 0.6) is 0 Å². The van der Waals surface area contributed by atoms with Gasteiger partial charge in [0.15, 0.2) is 0 Å². The van der Waals surface area contributed by atoms with Gasteiger partial charge < -0.3 is 4.90 Å². The Morgan fingerprint density at radius 1 is 0.913 bits per heavy atom. The lowest BCUT2D eigenvalue weighted by Gasteiger charge is -2.45. The maximum atomic E-state index is 2.73. The van der Waals surface area contributed by atoms with Crippen LogP contribution in [0.4, 0.5) is 0 Å². The summed E-state index contributed by atoms with van der Waals surface area (Å²) in [5.41, 5.74) is 0. The number of piperidine rings is 1. The van der Waals surface area contributed by atoms with Crippen molar-refractivity contribution in [3.8, 4) is 0 Å². The van der Waals surface area contributed by atoms with Crippen LogP contribution in [-0.4, -0.2) is 39.2 Å². The van der Waals surface area contributed by atoms with Crippen molar-refractivity contribution in [3.05, 3.63) is 10.3 Å². The Morgan fingerprint density at radius 2 is 1.30 bits per heavy atom. The Kier molecular flexibility index (Phi) is 6.74. The van der Waals surface area contributed by atoms with Crippen molar-refractivity contribution in [1.82, 2.24) is 4.90 Å². The van der Waals surface area contributed by atoms with Crippen LogP contribution < -0.4 is 0 Å². The van der Waals surface area contributed by atoms with Crippen molar-refractivity contribution in [2.24, 2.45) is 0 Å². The van der Waals surface area contributed by atoms with E-state index in [0.717, 1.165) is 0 Å². The first-order chi connectivity index (χ1) is 10.2. The highest BCUT2D eigenvalue weighted by Crippen LogP contribution is 2.47. The summed E-state index contributed by atoms with van der Waals surface area (Å²) in [5.74, 6) is 0. The summed E-state index contributed by atoms with van der Waals surface area (Å²) >= 11 is -1.09. The zero-order valence-electron chi connectivity index (χ0n) is 17.9. The molecule has 1 aliphatic heterocycles. The minimum Gasteiger partial charge on any atom is -0.374 e. The minimum atomic E-state index is -1.33. The SMILES string of the molecule is C[C@@H]1CCC[C@H](C)N1/C=[C](\[Al]([C](C)(C)C)[C](C)(C)C)[Si](C)(C)C. The highest BCUT2D eigenvalue weighted by molar-refractivity contribution is 6.99. The third kappa shape index (κ3) is 5.65. The Bertz CT molecular complexity index is 398. The van der Waals surface area contributed by atoms with Gasteiger partial charge in [0.25, 0.3) is 0 Å². The number of nitrogens with zero attached hydrogens (tertiary/aromatic N) is 1. The zero-order valence-corrected chi connectivity index (χ0v) is 20.0. The average Bonchev–Trinajstić information content (AvgIpc) is 2.27. The van der Waals surface area contributed by atoms with E-state index in [1.165, 1.54) is 19.3 Å². The van der Waals surface area contributed by atoms with Gasteiger partial charge in [-0.2, -0.15) is 0 Å². The minimum absolute atomic E-state index is 0.437.